The average Bonchev–Trinajstić information content (AvgIpc) is 1.62. The fourth-order valence-electron chi connectivity index (χ4n) is 11.5. The molecule has 3 heterocycles. The molecule has 0 saturated carbocycles. The van der Waals surface area contributed by atoms with E-state index in [4.69, 9.17) is 0 Å². The lowest BCUT2D eigenvalue weighted by atomic mass is 10.0. The van der Waals surface area contributed by atoms with Crippen LogP contribution < -0.4 is 31.9 Å². The number of aromatic amines is 1. The van der Waals surface area contributed by atoms with Gasteiger partial charge in [-0.15, -0.1) is 0 Å². The maximum Gasteiger partial charge on any atom is 0.317 e. The number of hydrogen-bond donors (Lipinski definition) is 21. The van der Waals surface area contributed by atoms with Crippen molar-refractivity contribution >= 4 is 81.9 Å². The van der Waals surface area contributed by atoms with Gasteiger partial charge in [0.15, 0.2) is 0 Å². The van der Waals surface area contributed by atoms with Crippen molar-refractivity contribution in [2.24, 2.45) is 0 Å². The van der Waals surface area contributed by atoms with Crippen LogP contribution in [0, 0.1) is 0 Å². The first kappa shape index (κ1) is 86.0. The number of aliphatic hydroxyl groups is 10. The number of unbranched alkanes of at least 4 members (excludes halogenated alkanes) is 3. The molecule has 580 valence electrons. The van der Waals surface area contributed by atoms with Gasteiger partial charge in [0.1, 0.15) is 60.6 Å². The number of aliphatic hydroxyl groups excluding tert-OH is 10. The Labute approximate surface area is 597 Å². The Bertz CT molecular complexity index is 3270. The number of hydrogen-bond acceptors (Lipinski definition) is 27. The van der Waals surface area contributed by atoms with Crippen LogP contribution >= 0.6 is 0 Å². The van der Waals surface area contributed by atoms with Crippen LogP contribution in [0.25, 0.3) is 11.0 Å². The molecule has 0 radical (unpaired) electrons. The number of carbonyl (C=O) groups is 11. The number of para-hydroxylation sites is 2. The summed E-state index contributed by atoms with van der Waals surface area (Å²) in [6, 6.07) is 7.73. The number of fused-ring (bicyclic) bond motifs is 2. The van der Waals surface area contributed by atoms with Gasteiger partial charge in [-0.25, -0.2) is 4.98 Å². The number of nitrogens with one attached hydrogen (secondary N) is 7. The molecule has 11 atom stereocenters. The summed E-state index contributed by atoms with van der Waals surface area (Å²) < 4.78 is 0. The number of rotatable bonds is 42. The molecular formula is C65H100N14O25. The van der Waals surface area contributed by atoms with Crippen LogP contribution in [0.4, 0.5) is 5.69 Å². The largest absolute Gasteiger partial charge is 0.481 e. The quantitative estimate of drug-likeness (QED) is 0.0234. The van der Waals surface area contributed by atoms with Crippen molar-refractivity contribution in [1.82, 2.24) is 66.0 Å². The lowest BCUT2D eigenvalue weighted by molar-refractivity contribution is -0.141. The minimum Gasteiger partial charge on any atom is -0.481 e. The fraction of sp³-hybridized carbons (Fsp3) is 0.631. The first-order valence-electron chi connectivity index (χ1n) is 34.1. The molecule has 7 amide bonds. The zero-order chi connectivity index (χ0) is 76.7. The van der Waals surface area contributed by atoms with Gasteiger partial charge >= 0.3 is 23.9 Å². The molecule has 1 aromatic heterocycles. The van der Waals surface area contributed by atoms with Gasteiger partial charge in [0.25, 0.3) is 5.91 Å². The van der Waals surface area contributed by atoms with Crippen LogP contribution in [0.1, 0.15) is 79.5 Å². The third kappa shape index (κ3) is 29.1. The molecule has 39 heteroatoms. The van der Waals surface area contributed by atoms with Crippen LogP contribution in [-0.4, -0.2) is 368 Å². The lowest BCUT2D eigenvalue weighted by Crippen LogP contribution is -2.56. The average molecular weight is 1480 g/mol. The highest BCUT2D eigenvalue weighted by Crippen LogP contribution is 2.27. The molecule has 1 saturated heterocycles. The van der Waals surface area contributed by atoms with E-state index in [0.717, 1.165) is 11.0 Å². The topological polar surface area (TPSA) is 591 Å². The number of carbonyl (C=O) groups excluding carboxylic acids is 7. The summed E-state index contributed by atoms with van der Waals surface area (Å²) in [6.45, 7) is -5.02. The van der Waals surface area contributed by atoms with Gasteiger partial charge in [-0.2, -0.15) is 0 Å². The van der Waals surface area contributed by atoms with E-state index in [1.807, 2.05) is 24.3 Å². The highest BCUT2D eigenvalue weighted by molar-refractivity contribution is 5.96. The number of H-pyrrole nitrogens is 1. The number of benzene rings is 2. The number of carboxylic acid groups (broad SMARTS) is 4. The summed E-state index contributed by atoms with van der Waals surface area (Å²) in [5, 5.41) is 154. The second kappa shape index (κ2) is 43.6. The van der Waals surface area contributed by atoms with Crippen LogP contribution in [0.15, 0.2) is 42.5 Å². The second-order valence-electron chi connectivity index (χ2n) is 25.7. The number of nitrogens with zero attached hydrogens (tertiary/aromatic N) is 7. The molecule has 2 aliphatic heterocycles. The van der Waals surface area contributed by atoms with Crippen molar-refractivity contribution < 1.29 is 124 Å². The van der Waals surface area contributed by atoms with E-state index >= 15 is 0 Å². The van der Waals surface area contributed by atoms with E-state index in [0.29, 0.717) is 48.3 Å². The maximum absolute atomic E-state index is 14.6. The molecule has 2 aromatic carbocycles. The first-order valence-corrected chi connectivity index (χ1v) is 34.1. The predicted molar refractivity (Wildman–Crippen MR) is 364 cm³/mol. The monoisotopic (exact) mass is 1480 g/mol. The van der Waals surface area contributed by atoms with Crippen molar-refractivity contribution in [3.05, 3.63) is 59.4 Å². The van der Waals surface area contributed by atoms with E-state index in [-0.39, 0.29) is 84.4 Å². The molecule has 0 bridgehead atoms. The summed E-state index contributed by atoms with van der Waals surface area (Å²) in [7, 11) is 1.62. The van der Waals surface area contributed by atoms with Crippen molar-refractivity contribution in [1.29, 1.82) is 0 Å². The third-order valence-corrected chi connectivity index (χ3v) is 17.5. The SMILES string of the molecule is CN(Cc1nc2ccccc2[nH]1)C(=O)c1ccc2c(c1)CN(CCCCCCNC(=O)[C@H](CCC(=O)NC[C@@H](O)[C@H](O)[C@@H](O)[C@@H](O)CO)NC(=O)[C@H](CCC(=O)NC[C@H](O)[C@@H](O)[C@H](O)[C@H](O)CO)NC(=O)CN1CCN(CC(=O)O)CCN(CC(=O)O)CCN(CC(=O)O)CC1)C(=O)[C@H](CC(=O)O)N2. The van der Waals surface area contributed by atoms with Crippen molar-refractivity contribution in [3.63, 3.8) is 0 Å². The van der Waals surface area contributed by atoms with E-state index in [9.17, 15) is 124 Å². The van der Waals surface area contributed by atoms with Gasteiger partial charge in [-0.05, 0) is 61.6 Å². The Hall–Kier alpha value is -8.68. The van der Waals surface area contributed by atoms with Crippen LogP contribution in [-0.2, 0) is 61.0 Å². The van der Waals surface area contributed by atoms with Gasteiger partial charge in [-0.3, -0.25) is 72.3 Å². The summed E-state index contributed by atoms with van der Waals surface area (Å²) in [5.41, 5.74) is 2.86. The molecule has 39 nitrogen and oxygen atoms in total. The summed E-state index contributed by atoms with van der Waals surface area (Å²) in [6.07, 6.45) is -17.1. The molecule has 0 spiro atoms. The molecule has 0 aliphatic carbocycles. The Balaban J connectivity index is 1.32. The molecular weight excluding hydrogens is 1380 g/mol. The standard InChI is InChI=1S/C65H100N14O25/c1-74(31-50-70-41-8-4-5-9-42(41)71-50)64(103)38-10-11-40-39(26-38)30-79(65(104)45(69-40)27-54(89)90)17-7-3-2-6-16-66-62(101)43(12-14-51(86)67-28-46(82)58(97)60(99)48(84)36-80)73-63(102)44(13-15-52(87)68-29-47(83)59(98)61(100)49(85)37-81)72-53(88)32-75-18-20-76(33-55(91)92)22-24-78(35-57(95)96)25-23-77(21-19-75)34-56(93)94/h4-5,8-11,26,43-49,58-61,69,80-85,97-100H,2-3,6-7,12-25,27-37H2,1H3,(H,66,101)(H,67,86)(H,68,87)(H,70,71)(H,72,88)(H,73,102)(H,89,90)(H,91,92)(H,93,94)(H,95,96)/t43-,44-,45-,46+,47-,48-,49+,58-,59+,60-,61+/m0/s1. The second-order valence-corrected chi connectivity index (χ2v) is 25.7. The van der Waals surface area contributed by atoms with E-state index < -0.39 is 211 Å². The Kier molecular flexibility index (Phi) is 36.0. The van der Waals surface area contributed by atoms with Gasteiger partial charge < -0.3 is 118 Å². The van der Waals surface area contributed by atoms with E-state index in [2.05, 4.69) is 41.9 Å². The number of aromatic nitrogens is 2. The zero-order valence-electron chi connectivity index (χ0n) is 57.8. The number of amides is 7. The molecule has 3 aromatic rings. The number of anilines is 1. The maximum atomic E-state index is 14.6. The minimum atomic E-state index is -2.08. The fourth-order valence-corrected chi connectivity index (χ4v) is 11.5. The number of carboxylic acids is 4. The first-order chi connectivity index (χ1) is 49.3. The Morgan fingerprint density at radius 3 is 1.54 bits per heavy atom. The van der Waals surface area contributed by atoms with Crippen LogP contribution in [0.5, 0.6) is 0 Å². The predicted octanol–water partition coefficient (Wildman–Crippen LogP) is -7.78. The van der Waals surface area contributed by atoms with Crippen LogP contribution in [0.2, 0.25) is 0 Å². The van der Waals surface area contributed by atoms with E-state index in [1.165, 1.54) is 29.4 Å². The summed E-state index contributed by atoms with van der Waals surface area (Å²) >= 11 is 0. The molecule has 104 heavy (non-hydrogen) atoms. The smallest absolute Gasteiger partial charge is 0.317 e. The van der Waals surface area contributed by atoms with Gasteiger partial charge in [0, 0.05) is 116 Å². The van der Waals surface area contributed by atoms with Crippen molar-refractivity contribution in [2.75, 3.05) is 130 Å². The highest BCUT2D eigenvalue weighted by Gasteiger charge is 2.35. The van der Waals surface area contributed by atoms with E-state index in [1.54, 1.807) is 25.2 Å². The molecule has 5 rings (SSSR count). The third-order valence-electron chi connectivity index (χ3n) is 17.5. The van der Waals surface area contributed by atoms with Gasteiger partial charge in [0.2, 0.25) is 35.4 Å². The van der Waals surface area contributed by atoms with Crippen molar-refractivity contribution in [2.45, 2.75) is 138 Å². The molecule has 2 aliphatic rings. The zero-order valence-corrected chi connectivity index (χ0v) is 57.8. The number of imidazole rings is 1. The minimum absolute atomic E-state index is 0.0137. The van der Waals surface area contributed by atoms with Crippen LogP contribution in [0.3, 0.4) is 0 Å². The summed E-state index contributed by atoms with van der Waals surface area (Å²) in [5.74, 6) is -9.80. The summed E-state index contributed by atoms with van der Waals surface area (Å²) in [4.78, 5) is 162. The molecule has 1 fully saturated rings. The normalized spacial score (nSPS) is 18.2. The van der Waals surface area contributed by atoms with Gasteiger partial charge in [0.05, 0.1) is 75.6 Å². The van der Waals surface area contributed by atoms with Gasteiger partial charge in [-0.1, -0.05) is 25.0 Å². The number of aliphatic carboxylic acids is 4. The lowest BCUT2D eigenvalue weighted by Gasteiger charge is -2.33. The Morgan fingerprint density at radius 2 is 1.05 bits per heavy atom. The van der Waals surface area contributed by atoms with Crippen molar-refractivity contribution in [3.8, 4) is 0 Å². The Morgan fingerprint density at radius 1 is 0.567 bits per heavy atom. The molecule has 0 unspecified atom stereocenters. The highest BCUT2D eigenvalue weighted by atomic mass is 16.4. The molecule has 21 N–H and O–H groups in total.